The zero-order valence-corrected chi connectivity index (χ0v) is 48.2. The van der Waals surface area contributed by atoms with Crippen molar-refractivity contribution in [2.75, 3.05) is 10.7 Å². The average molecular weight is 1060 g/mol. The van der Waals surface area contributed by atoms with Crippen LogP contribution in [0.3, 0.4) is 0 Å². The summed E-state index contributed by atoms with van der Waals surface area (Å²) in [6.45, 7) is 0. The van der Waals surface area contributed by atoms with Crippen molar-refractivity contribution in [2.45, 2.75) is 14.7 Å². The maximum atomic E-state index is 13.7. The molecular weight excluding hydrogens is 1030 g/mol. The SMILES string of the molecule is O=C1/C(=N\Nc2ccc(N=Nc3ccc(N=Nc4cc(S(=O)(=O)[O-])ccc4S(=O)(=O)[O-])c4ccc(S(=O)(=O)[O-])cc34)c3ccccc23)C(S(=O)(=O)[O-])=Cc2cc(Nc3ccccc3)ccc21.[Na+].[Na+].[Na+].[Na+]. The quantitative estimate of drug-likeness (QED) is 0.0508. The van der Waals surface area contributed by atoms with E-state index in [2.05, 4.69) is 36.3 Å². The van der Waals surface area contributed by atoms with E-state index in [4.69, 9.17) is 0 Å². The van der Waals surface area contributed by atoms with Crippen molar-refractivity contribution < 1.29 is 175 Å². The van der Waals surface area contributed by atoms with Gasteiger partial charge in [0.05, 0.1) is 42.3 Å². The van der Waals surface area contributed by atoms with Gasteiger partial charge in [0.2, 0.25) is 5.78 Å². The normalized spacial score (nSPS) is 13.5. The first-order valence-electron chi connectivity index (χ1n) is 18.6. The van der Waals surface area contributed by atoms with E-state index in [-0.39, 0.29) is 163 Å². The van der Waals surface area contributed by atoms with E-state index in [1.807, 2.05) is 18.2 Å². The van der Waals surface area contributed by atoms with Gasteiger partial charge in [0.1, 0.15) is 51.9 Å². The number of rotatable bonds is 12. The molecule has 1 aliphatic carbocycles. The summed E-state index contributed by atoms with van der Waals surface area (Å²) >= 11 is 0. The molecule has 0 unspecified atom stereocenters. The Morgan fingerprint density at radius 3 is 1.57 bits per heavy atom. The van der Waals surface area contributed by atoms with Gasteiger partial charge in [-0.1, -0.05) is 48.5 Å². The molecule has 70 heavy (non-hydrogen) atoms. The molecule has 0 spiro atoms. The summed E-state index contributed by atoms with van der Waals surface area (Å²) in [7, 11) is -20.6. The van der Waals surface area contributed by atoms with Crippen LogP contribution >= 0.6 is 0 Å². The summed E-state index contributed by atoms with van der Waals surface area (Å²) in [5, 5.41) is 24.5. The summed E-state index contributed by atoms with van der Waals surface area (Å²) in [5.41, 5.74) is 3.13. The van der Waals surface area contributed by atoms with Gasteiger partial charge in [-0.3, -0.25) is 10.2 Å². The average Bonchev–Trinajstić information content (AvgIpc) is 3.26. The molecule has 0 aromatic heterocycles. The van der Waals surface area contributed by atoms with Crippen LogP contribution in [-0.4, -0.2) is 63.4 Å². The van der Waals surface area contributed by atoms with Crippen LogP contribution in [0, 0.1) is 0 Å². The summed E-state index contributed by atoms with van der Waals surface area (Å²) in [4.78, 5) is 10.3. The van der Waals surface area contributed by atoms with Gasteiger partial charge in [-0.15, -0.1) is 20.5 Å². The second-order valence-corrected chi connectivity index (χ2v) is 19.5. The molecule has 0 heterocycles. The molecule has 0 bridgehead atoms. The van der Waals surface area contributed by atoms with Crippen molar-refractivity contribution >= 4 is 119 Å². The molecule has 1 aliphatic rings. The van der Waals surface area contributed by atoms with Gasteiger partial charge in [0.25, 0.3) is 0 Å². The number of Topliss-reactive ketones (excluding diaryl/α,β-unsaturated/α-hetero) is 1. The molecule has 28 heteroatoms. The molecule has 2 N–H and O–H groups in total. The van der Waals surface area contributed by atoms with Gasteiger partial charge < -0.3 is 23.5 Å². The Balaban J connectivity index is 0.00000266. The van der Waals surface area contributed by atoms with Crippen LogP contribution in [0.5, 0.6) is 0 Å². The fraction of sp³-hybridized carbons (Fsp3) is 0. The Hall–Kier alpha value is -3.42. The van der Waals surface area contributed by atoms with Crippen molar-refractivity contribution in [3.05, 3.63) is 149 Å². The maximum Gasteiger partial charge on any atom is 1.00 e. The van der Waals surface area contributed by atoms with Gasteiger partial charge in [-0.2, -0.15) is 5.10 Å². The summed E-state index contributed by atoms with van der Waals surface area (Å²) < 4.78 is 144. The third-order valence-corrected chi connectivity index (χ3v) is 13.2. The van der Waals surface area contributed by atoms with E-state index in [1.165, 1.54) is 42.5 Å². The van der Waals surface area contributed by atoms with Gasteiger partial charge in [0.15, 0.2) is 0 Å². The molecule has 0 atom stereocenters. The van der Waals surface area contributed by atoms with E-state index in [0.717, 1.165) is 23.9 Å². The number of nitrogens with one attached hydrogen (secondary N) is 2. The van der Waals surface area contributed by atoms with Crippen molar-refractivity contribution in [2.24, 2.45) is 25.6 Å². The number of carbonyl (C=O) groups excluding carboxylic acids is 1. The minimum atomic E-state index is -5.25. The molecule has 0 aliphatic heterocycles. The molecule has 0 radical (unpaired) electrons. The number of fused-ring (bicyclic) bond motifs is 3. The molecule has 20 nitrogen and oxygen atoms in total. The molecule has 0 saturated heterocycles. The molecule has 7 aromatic rings. The van der Waals surface area contributed by atoms with Gasteiger partial charge in [0, 0.05) is 38.5 Å². The largest absolute Gasteiger partial charge is 1.00 e. The number of nitrogens with zero attached hydrogens (tertiary/aromatic N) is 5. The fourth-order valence-corrected chi connectivity index (χ4v) is 8.99. The minimum absolute atomic E-state index is 0. The van der Waals surface area contributed by atoms with Crippen molar-refractivity contribution in [1.29, 1.82) is 0 Å². The maximum absolute atomic E-state index is 13.7. The fourth-order valence-electron chi connectivity index (χ4n) is 6.77. The topological polar surface area (TPSA) is 332 Å². The van der Waals surface area contributed by atoms with Crippen molar-refractivity contribution in [3.8, 4) is 0 Å². The number of ketones is 1. The van der Waals surface area contributed by atoms with Crippen LogP contribution in [0.15, 0.2) is 179 Å². The molecule has 0 fully saturated rings. The molecule has 0 saturated carbocycles. The van der Waals surface area contributed by atoms with Crippen LogP contribution in [-0.2, 0) is 40.5 Å². The van der Waals surface area contributed by atoms with Gasteiger partial charge in [-0.25, -0.2) is 33.7 Å². The van der Waals surface area contributed by atoms with Crippen LogP contribution in [0.1, 0.15) is 15.9 Å². The summed E-state index contributed by atoms with van der Waals surface area (Å²) in [5.74, 6) is -0.827. The first-order valence-corrected chi connectivity index (χ1v) is 24.2. The van der Waals surface area contributed by atoms with E-state index in [0.29, 0.717) is 34.7 Å². The number of carbonyl (C=O) groups is 1. The Bertz CT molecular complexity index is 3810. The van der Waals surface area contributed by atoms with E-state index < -0.39 is 77.2 Å². The molecule has 0 amide bonds. The number of azo groups is 2. The van der Waals surface area contributed by atoms with Crippen molar-refractivity contribution in [3.63, 3.8) is 0 Å². The van der Waals surface area contributed by atoms with Gasteiger partial charge in [-0.05, 0) is 96.6 Å². The van der Waals surface area contributed by atoms with E-state index in [1.54, 1.807) is 42.5 Å². The third-order valence-electron chi connectivity index (χ3n) is 9.80. The Morgan fingerprint density at radius 2 is 0.971 bits per heavy atom. The van der Waals surface area contributed by atoms with E-state index >= 15 is 0 Å². The molecule has 334 valence electrons. The van der Waals surface area contributed by atoms with Crippen LogP contribution in [0.25, 0.3) is 27.6 Å². The zero-order chi connectivity index (χ0) is 47.2. The standard InChI is InChI=1S/C42H29N7O13S4.4Na/c50-42-29-13-10-26(43-25-6-2-1-3-7-25)20-24(29)21-40(66(60,61)62)41(42)49-47-35-16-15-34(30-8-4-5-9-31(30)35)44-46-37-18-17-36(32-14-11-27(22-33(32)37)63(51,52)53)45-48-38-23-28(64(54,55)56)12-19-39(38)65(57,58)59;;;;/h1-23,43,47H,(H,51,52,53)(H,54,55,56)(H,57,58,59)(H,60,61,62);;;;/q;4*+1/p-4/b46-44?,48-45?,49-41-;;;;. The predicted molar refractivity (Wildman–Crippen MR) is 236 cm³/mol. The van der Waals surface area contributed by atoms with E-state index in [9.17, 15) is 56.7 Å². The number of para-hydroxylation sites is 1. The van der Waals surface area contributed by atoms with Crippen LogP contribution in [0.4, 0.5) is 39.8 Å². The predicted octanol–water partition coefficient (Wildman–Crippen LogP) is -4.15. The minimum Gasteiger partial charge on any atom is -0.744 e. The number of allylic oxidation sites excluding steroid dienone is 1. The number of hydrogen-bond donors (Lipinski definition) is 2. The summed E-state index contributed by atoms with van der Waals surface area (Å²) in [6, 6.07) is 30.7. The Morgan fingerprint density at radius 1 is 0.443 bits per heavy atom. The second kappa shape index (κ2) is 23.6. The first-order chi connectivity index (χ1) is 31.1. The number of anilines is 3. The zero-order valence-electron chi connectivity index (χ0n) is 37.0. The number of hydrazone groups is 1. The van der Waals surface area contributed by atoms with Crippen LogP contribution < -0.4 is 129 Å². The number of benzene rings is 7. The molecule has 8 rings (SSSR count). The number of hydrogen-bond acceptors (Lipinski definition) is 20. The van der Waals surface area contributed by atoms with Crippen LogP contribution in [0.2, 0.25) is 0 Å². The molecule has 7 aromatic carbocycles. The Kier molecular flexibility index (Phi) is 20.0. The van der Waals surface area contributed by atoms with Gasteiger partial charge >= 0.3 is 118 Å². The molecular formula is C42H25N7Na4O13S4. The first kappa shape index (κ1) is 59.1. The van der Waals surface area contributed by atoms with Crippen molar-refractivity contribution in [1.82, 2.24) is 0 Å². The summed E-state index contributed by atoms with van der Waals surface area (Å²) in [6.07, 6.45) is 1.08. The monoisotopic (exact) mass is 1050 g/mol. The second-order valence-electron chi connectivity index (χ2n) is 14.0. The third kappa shape index (κ3) is 13.4. The Labute approximate surface area is 488 Å². The smallest absolute Gasteiger partial charge is 0.744 e.